The van der Waals surface area contributed by atoms with Gasteiger partial charge in [0, 0.05) is 0 Å². The maximum absolute atomic E-state index is 10.5. The molecule has 0 aliphatic rings. The minimum absolute atomic E-state index is 0.156. The molecule has 0 heterocycles. The Labute approximate surface area is 245 Å². The van der Waals surface area contributed by atoms with E-state index in [0.717, 1.165) is 8.97 Å². The summed E-state index contributed by atoms with van der Waals surface area (Å²) < 4.78 is 78.4. The van der Waals surface area contributed by atoms with Gasteiger partial charge < -0.3 is 8.97 Å². The third kappa shape index (κ3) is 29.4. The molecular weight excluding hydrogens is 660 g/mol. The third-order valence-electron chi connectivity index (χ3n) is 3.50. The average Bonchev–Trinajstić information content (AvgIpc) is 2.73. The van der Waals surface area contributed by atoms with Crippen molar-refractivity contribution in [2.75, 3.05) is 81.1 Å². The Balaban J connectivity index is 0.00000123. The molecule has 13 heteroatoms. The predicted octanol–water partition coefficient (Wildman–Crippen LogP) is 0.615. The SMILES string of the molecule is C[N+](C)(C)C.C[N+](C)(C)C.O=S(=O)([O-])CCCOc1ccc([Te]c2ccc(OCCCS(=O)(=O)[O-])cc2)cc1. The molecule has 224 valence electrons. The molecule has 2 rings (SSSR count). The fourth-order valence-corrected chi connectivity index (χ4v) is 5.47. The molecule has 0 N–H and O–H groups in total. The van der Waals surface area contributed by atoms with Crippen molar-refractivity contribution in [3.05, 3.63) is 48.5 Å². The first-order valence-electron chi connectivity index (χ1n) is 12.2. The molecule has 0 bridgehead atoms. The van der Waals surface area contributed by atoms with E-state index in [1.165, 1.54) is 7.22 Å². The van der Waals surface area contributed by atoms with Crippen LogP contribution >= 0.6 is 0 Å². The number of quaternary nitrogens is 2. The van der Waals surface area contributed by atoms with Gasteiger partial charge in [-0.1, -0.05) is 0 Å². The number of ether oxygens (including phenoxy) is 2. The van der Waals surface area contributed by atoms with Crippen LogP contribution in [0.25, 0.3) is 0 Å². The Bertz CT molecular complexity index is 1050. The monoisotopic (exact) mass is 706 g/mol. The summed E-state index contributed by atoms with van der Waals surface area (Å²) in [7, 11) is 8.59. The van der Waals surface area contributed by atoms with Gasteiger partial charge in [0.2, 0.25) is 0 Å². The van der Waals surface area contributed by atoms with Gasteiger partial charge in [0.1, 0.15) is 0 Å². The van der Waals surface area contributed by atoms with Crippen molar-refractivity contribution < 1.29 is 44.4 Å². The molecule has 10 nitrogen and oxygen atoms in total. The molecule has 0 unspecified atom stereocenters. The number of hydrogen-bond donors (Lipinski definition) is 0. The molecule has 0 saturated carbocycles. The average molecular weight is 704 g/mol. The second-order valence-corrected chi connectivity index (χ2v) is 17.7. The zero-order valence-corrected chi connectivity index (χ0v) is 28.2. The summed E-state index contributed by atoms with van der Waals surface area (Å²) in [6.07, 6.45) is 0.311. The van der Waals surface area contributed by atoms with E-state index in [0.29, 0.717) is 11.5 Å². The van der Waals surface area contributed by atoms with E-state index < -0.39 is 52.7 Å². The Hall–Kier alpha value is -1.43. The molecule has 0 aliphatic heterocycles. The molecule has 0 aromatic heterocycles. The summed E-state index contributed by atoms with van der Waals surface area (Å²) in [6, 6.07) is 15.1. The summed E-state index contributed by atoms with van der Waals surface area (Å²) in [5.41, 5.74) is 0. The maximum atomic E-state index is 10.5. The van der Waals surface area contributed by atoms with E-state index in [2.05, 4.69) is 56.4 Å². The summed E-state index contributed by atoms with van der Waals surface area (Å²) in [5, 5.41) is 0. The van der Waals surface area contributed by atoms with Gasteiger partial charge in [0.25, 0.3) is 0 Å². The van der Waals surface area contributed by atoms with Crippen LogP contribution in [0.2, 0.25) is 0 Å². The summed E-state index contributed by atoms with van der Waals surface area (Å²) in [4.78, 5) is 0. The zero-order chi connectivity index (χ0) is 30.3. The van der Waals surface area contributed by atoms with Crippen LogP contribution < -0.4 is 16.7 Å². The van der Waals surface area contributed by atoms with Crippen LogP contribution in [0, 0.1) is 0 Å². The van der Waals surface area contributed by atoms with Crippen molar-refractivity contribution in [3.63, 3.8) is 0 Å². The summed E-state index contributed by atoms with van der Waals surface area (Å²) in [6.45, 7) is 0.333. The van der Waals surface area contributed by atoms with Crippen LogP contribution in [0.5, 0.6) is 11.5 Å². The van der Waals surface area contributed by atoms with Crippen molar-refractivity contribution >= 4 is 48.4 Å². The molecule has 0 aliphatic carbocycles. The van der Waals surface area contributed by atoms with Crippen molar-refractivity contribution in [2.24, 2.45) is 0 Å². The van der Waals surface area contributed by atoms with Crippen LogP contribution in [0.4, 0.5) is 0 Å². The van der Waals surface area contributed by atoms with Gasteiger partial charge in [0.05, 0.1) is 56.4 Å². The molecule has 0 amide bonds. The number of rotatable bonds is 12. The second-order valence-electron chi connectivity index (χ2n) is 11.3. The van der Waals surface area contributed by atoms with Crippen molar-refractivity contribution in [2.45, 2.75) is 12.8 Å². The van der Waals surface area contributed by atoms with Gasteiger partial charge in [-0.15, -0.1) is 0 Å². The van der Waals surface area contributed by atoms with Gasteiger partial charge >= 0.3 is 181 Å². The van der Waals surface area contributed by atoms with Gasteiger partial charge in [0.15, 0.2) is 0 Å². The van der Waals surface area contributed by atoms with Crippen LogP contribution in [-0.2, 0) is 20.2 Å². The molecule has 39 heavy (non-hydrogen) atoms. The predicted molar refractivity (Wildman–Crippen MR) is 155 cm³/mol. The zero-order valence-electron chi connectivity index (χ0n) is 24.2. The first kappa shape index (κ1) is 37.6. The fourth-order valence-electron chi connectivity index (χ4n) is 2.20. The van der Waals surface area contributed by atoms with Gasteiger partial charge in [-0.25, -0.2) is 0 Å². The van der Waals surface area contributed by atoms with Crippen LogP contribution in [0.3, 0.4) is 0 Å². The van der Waals surface area contributed by atoms with Crippen LogP contribution in [0.1, 0.15) is 12.8 Å². The van der Waals surface area contributed by atoms with E-state index >= 15 is 0 Å². The standard InChI is InChI=1S/C18H22O8S2Te.2C4H12N/c19-27(20,21)13-1-11-25-15-3-7-17(8-4-15)29-18-9-5-16(6-10-18)26-12-2-14-28(22,23)24;2*1-5(2,3)4/h3-10H,1-2,11-14H2,(H,19,20,21)(H,22,23,24);2*1-4H3/q;2*+1/p-2. The van der Waals surface area contributed by atoms with Crippen LogP contribution in [-0.4, -0.2) is 137 Å². The molecule has 0 fully saturated rings. The fraction of sp³-hybridized carbons (Fsp3) is 0.538. The molecule has 0 atom stereocenters. The normalized spacial score (nSPS) is 11.9. The third-order valence-corrected chi connectivity index (χ3v) is 7.97. The number of hydrogen-bond acceptors (Lipinski definition) is 8. The van der Waals surface area contributed by atoms with Crippen molar-refractivity contribution in [3.8, 4) is 11.5 Å². The van der Waals surface area contributed by atoms with Crippen molar-refractivity contribution in [1.82, 2.24) is 0 Å². The van der Waals surface area contributed by atoms with E-state index in [1.807, 2.05) is 48.5 Å². The first-order chi connectivity index (χ1) is 17.6. The van der Waals surface area contributed by atoms with E-state index in [9.17, 15) is 25.9 Å². The Kier molecular flexibility index (Phi) is 16.8. The Morgan fingerprint density at radius 1 is 0.590 bits per heavy atom. The first-order valence-corrected chi connectivity index (χ1v) is 17.7. The van der Waals surface area contributed by atoms with Crippen molar-refractivity contribution in [1.29, 1.82) is 0 Å². The molecule has 0 radical (unpaired) electrons. The molecular formula is C26H44N2O8S2Te. The summed E-state index contributed by atoms with van der Waals surface area (Å²) >= 11 is -0.614. The van der Waals surface area contributed by atoms with Gasteiger partial charge in [-0.05, 0) is 0 Å². The molecule has 0 spiro atoms. The number of benzene rings is 2. The Morgan fingerprint density at radius 2 is 0.846 bits per heavy atom. The van der Waals surface area contributed by atoms with Crippen LogP contribution in [0.15, 0.2) is 48.5 Å². The Morgan fingerprint density at radius 3 is 1.08 bits per heavy atom. The second kappa shape index (κ2) is 17.4. The molecule has 0 saturated heterocycles. The van der Waals surface area contributed by atoms with Gasteiger partial charge in [-0.3, -0.25) is 0 Å². The van der Waals surface area contributed by atoms with Gasteiger partial charge in [-0.2, -0.15) is 0 Å². The van der Waals surface area contributed by atoms with E-state index in [4.69, 9.17) is 9.47 Å². The number of nitrogens with zero attached hydrogens (tertiary/aromatic N) is 2. The quantitative estimate of drug-likeness (QED) is 0.136. The van der Waals surface area contributed by atoms with E-state index in [1.54, 1.807) is 0 Å². The minimum atomic E-state index is -4.21. The summed E-state index contributed by atoms with van der Waals surface area (Å²) in [5.74, 6) is 0.367. The van der Waals surface area contributed by atoms with E-state index in [-0.39, 0.29) is 26.1 Å². The molecule has 2 aromatic carbocycles. The molecule has 2 aromatic rings. The topological polar surface area (TPSA) is 133 Å².